The van der Waals surface area contributed by atoms with Gasteiger partial charge < -0.3 is 15.7 Å². The Balaban J connectivity index is 2.33. The molecule has 0 saturated carbocycles. The lowest BCUT2D eigenvalue weighted by atomic mass is 10.1. The molecule has 1 unspecified atom stereocenters. The minimum atomic E-state index is -0.984. The number of carbonyl (C=O) groups is 1. The van der Waals surface area contributed by atoms with E-state index in [1.807, 2.05) is 54.4 Å². The van der Waals surface area contributed by atoms with Crippen LogP contribution in [0.3, 0.4) is 0 Å². The van der Waals surface area contributed by atoms with Gasteiger partial charge in [0.25, 0.3) is 0 Å². The molecule has 2 aromatic carbocycles. The van der Waals surface area contributed by atoms with Crippen LogP contribution in [0.2, 0.25) is 0 Å². The van der Waals surface area contributed by atoms with E-state index < -0.39 is 12.0 Å². The fraction of sp³-hybridized carbons (Fsp3) is 0.214. The summed E-state index contributed by atoms with van der Waals surface area (Å²) >= 11 is 0. The van der Waals surface area contributed by atoms with E-state index in [4.69, 9.17) is 10.8 Å². The third kappa shape index (κ3) is 2.43. The molecule has 0 aliphatic heterocycles. The Bertz CT molecular complexity index is 563. The number of hydrogen-bond acceptors (Lipinski definition) is 3. The molecule has 3 N–H and O–H groups in total. The lowest BCUT2D eigenvalue weighted by Crippen LogP contribution is -2.41. The number of rotatable bonds is 4. The second-order valence-corrected chi connectivity index (χ2v) is 4.32. The Kier molecular flexibility index (Phi) is 3.48. The average Bonchev–Trinajstić information content (AvgIpc) is 2.37. The number of carboxylic acid groups (broad SMARTS) is 1. The van der Waals surface area contributed by atoms with Crippen LogP contribution >= 0.6 is 0 Å². The van der Waals surface area contributed by atoms with Gasteiger partial charge in [-0.05, 0) is 11.5 Å². The molecule has 0 saturated heterocycles. The Morgan fingerprint density at radius 2 is 1.94 bits per heavy atom. The van der Waals surface area contributed by atoms with Crippen LogP contribution in [0.5, 0.6) is 0 Å². The largest absolute Gasteiger partial charge is 0.480 e. The number of benzene rings is 2. The number of hydrogen-bond donors (Lipinski definition) is 2. The van der Waals surface area contributed by atoms with Gasteiger partial charge in [0.2, 0.25) is 0 Å². The van der Waals surface area contributed by atoms with Crippen molar-refractivity contribution in [3.63, 3.8) is 0 Å². The van der Waals surface area contributed by atoms with Crippen LogP contribution in [0.25, 0.3) is 10.8 Å². The molecule has 0 heterocycles. The van der Waals surface area contributed by atoms with Gasteiger partial charge >= 0.3 is 5.97 Å². The monoisotopic (exact) mass is 244 g/mol. The number of fused-ring (bicyclic) bond motifs is 1. The smallest absolute Gasteiger partial charge is 0.322 e. The van der Waals surface area contributed by atoms with Crippen LogP contribution in [0.4, 0.5) is 5.69 Å². The zero-order valence-corrected chi connectivity index (χ0v) is 10.2. The summed E-state index contributed by atoms with van der Waals surface area (Å²) in [5.41, 5.74) is 6.55. The quantitative estimate of drug-likeness (QED) is 0.859. The second-order valence-electron chi connectivity index (χ2n) is 4.32. The average molecular weight is 244 g/mol. The molecule has 0 bridgehead atoms. The highest BCUT2D eigenvalue weighted by atomic mass is 16.4. The molecule has 94 valence electrons. The first-order valence-corrected chi connectivity index (χ1v) is 5.77. The lowest BCUT2D eigenvalue weighted by Gasteiger charge is -2.23. The predicted octanol–water partition coefficient (Wildman–Crippen LogP) is 1.69. The van der Waals surface area contributed by atoms with Crippen molar-refractivity contribution in [1.82, 2.24) is 0 Å². The molecule has 4 heteroatoms. The summed E-state index contributed by atoms with van der Waals surface area (Å²) < 4.78 is 0. The van der Waals surface area contributed by atoms with Gasteiger partial charge in [0.1, 0.15) is 6.04 Å². The molecule has 0 aromatic heterocycles. The third-order valence-electron chi connectivity index (χ3n) is 2.97. The topological polar surface area (TPSA) is 66.6 Å². The highest BCUT2D eigenvalue weighted by molar-refractivity contribution is 5.94. The van der Waals surface area contributed by atoms with Gasteiger partial charge in [-0.1, -0.05) is 36.4 Å². The summed E-state index contributed by atoms with van der Waals surface area (Å²) in [5.74, 6) is -0.984. The number of aliphatic carboxylic acids is 1. The summed E-state index contributed by atoms with van der Waals surface area (Å²) in [6.45, 7) is 0.281. The van der Waals surface area contributed by atoms with Gasteiger partial charge in [0.05, 0.1) is 0 Å². The van der Waals surface area contributed by atoms with Crippen molar-refractivity contribution in [1.29, 1.82) is 0 Å². The highest BCUT2D eigenvalue weighted by Crippen LogP contribution is 2.25. The van der Waals surface area contributed by atoms with Crippen molar-refractivity contribution < 1.29 is 9.90 Å². The van der Waals surface area contributed by atoms with Gasteiger partial charge in [-0.2, -0.15) is 0 Å². The van der Waals surface area contributed by atoms with E-state index in [9.17, 15) is 4.79 Å². The van der Waals surface area contributed by atoms with Crippen molar-refractivity contribution in [3.8, 4) is 0 Å². The maximum atomic E-state index is 10.8. The first-order chi connectivity index (χ1) is 8.59. The summed E-state index contributed by atoms with van der Waals surface area (Å²) in [6.07, 6.45) is 0. The maximum Gasteiger partial charge on any atom is 0.322 e. The standard InChI is InChI=1S/C14H16N2O2/c1-16(9-12(15)14(17)18)13-8-4-6-10-5-2-3-7-11(10)13/h2-8,12H,9,15H2,1H3,(H,17,18). The first-order valence-electron chi connectivity index (χ1n) is 5.77. The van der Waals surface area contributed by atoms with E-state index in [0.29, 0.717) is 0 Å². The number of anilines is 1. The van der Waals surface area contributed by atoms with Crippen LogP contribution in [-0.2, 0) is 4.79 Å². The highest BCUT2D eigenvalue weighted by Gasteiger charge is 2.15. The van der Waals surface area contributed by atoms with Gasteiger partial charge in [0, 0.05) is 24.7 Å². The Labute approximate surface area is 106 Å². The van der Waals surface area contributed by atoms with Gasteiger partial charge in [-0.25, -0.2) is 0 Å². The van der Waals surface area contributed by atoms with E-state index in [1.54, 1.807) is 0 Å². The van der Waals surface area contributed by atoms with Crippen molar-refractivity contribution in [2.75, 3.05) is 18.5 Å². The van der Waals surface area contributed by atoms with E-state index in [2.05, 4.69) is 0 Å². The van der Waals surface area contributed by atoms with Crippen molar-refractivity contribution in [2.24, 2.45) is 5.73 Å². The molecule has 1 atom stereocenters. The summed E-state index contributed by atoms with van der Waals surface area (Å²) in [4.78, 5) is 12.7. The molecule has 0 spiro atoms. The van der Waals surface area contributed by atoms with E-state index in [1.165, 1.54) is 0 Å². The zero-order valence-electron chi connectivity index (χ0n) is 10.2. The fourth-order valence-corrected chi connectivity index (χ4v) is 2.01. The molecule has 0 amide bonds. The summed E-state index contributed by atoms with van der Waals surface area (Å²) in [5, 5.41) is 11.1. The molecular formula is C14H16N2O2. The molecule has 2 aromatic rings. The summed E-state index contributed by atoms with van der Waals surface area (Å²) in [7, 11) is 1.85. The zero-order chi connectivity index (χ0) is 13.1. The van der Waals surface area contributed by atoms with E-state index in [-0.39, 0.29) is 6.54 Å². The second kappa shape index (κ2) is 5.06. The minimum Gasteiger partial charge on any atom is -0.480 e. The van der Waals surface area contributed by atoms with Crippen molar-refractivity contribution in [2.45, 2.75) is 6.04 Å². The Hall–Kier alpha value is -2.07. The van der Waals surface area contributed by atoms with Crippen LogP contribution in [0.1, 0.15) is 0 Å². The number of nitrogens with two attached hydrogens (primary N) is 1. The number of carboxylic acids is 1. The molecule has 2 rings (SSSR count). The number of likely N-dealkylation sites (N-methyl/N-ethyl adjacent to an activating group) is 1. The van der Waals surface area contributed by atoms with Crippen LogP contribution in [-0.4, -0.2) is 30.7 Å². The van der Waals surface area contributed by atoms with Crippen LogP contribution in [0, 0.1) is 0 Å². The van der Waals surface area contributed by atoms with Gasteiger partial charge in [-0.3, -0.25) is 4.79 Å². The Morgan fingerprint density at radius 3 is 2.67 bits per heavy atom. The number of nitrogens with zero attached hydrogens (tertiary/aromatic N) is 1. The SMILES string of the molecule is CN(CC(N)C(=O)O)c1cccc2ccccc12. The first kappa shape index (κ1) is 12.4. The molecule has 0 fully saturated rings. The Morgan fingerprint density at radius 1 is 1.28 bits per heavy atom. The minimum absolute atomic E-state index is 0.281. The fourth-order valence-electron chi connectivity index (χ4n) is 2.01. The molecular weight excluding hydrogens is 228 g/mol. The molecule has 0 aliphatic carbocycles. The third-order valence-corrected chi connectivity index (χ3v) is 2.97. The van der Waals surface area contributed by atoms with E-state index in [0.717, 1.165) is 16.5 Å². The van der Waals surface area contributed by atoms with Crippen molar-refractivity contribution in [3.05, 3.63) is 42.5 Å². The predicted molar refractivity (Wildman–Crippen MR) is 72.8 cm³/mol. The van der Waals surface area contributed by atoms with Gasteiger partial charge in [-0.15, -0.1) is 0 Å². The molecule has 0 radical (unpaired) electrons. The normalized spacial score (nSPS) is 12.3. The summed E-state index contributed by atoms with van der Waals surface area (Å²) in [6, 6.07) is 13.1. The molecule has 0 aliphatic rings. The molecule has 18 heavy (non-hydrogen) atoms. The van der Waals surface area contributed by atoms with Crippen LogP contribution < -0.4 is 10.6 Å². The maximum absolute atomic E-state index is 10.8. The lowest BCUT2D eigenvalue weighted by molar-refractivity contribution is -0.138. The van der Waals surface area contributed by atoms with Crippen LogP contribution in [0.15, 0.2) is 42.5 Å². The van der Waals surface area contributed by atoms with Crippen molar-refractivity contribution >= 4 is 22.4 Å². The van der Waals surface area contributed by atoms with Gasteiger partial charge in [0.15, 0.2) is 0 Å². The van der Waals surface area contributed by atoms with E-state index >= 15 is 0 Å². The molecule has 4 nitrogen and oxygen atoms in total.